The van der Waals surface area contributed by atoms with Crippen molar-refractivity contribution in [1.29, 1.82) is 0 Å². The summed E-state index contributed by atoms with van der Waals surface area (Å²) in [7, 11) is 1.48. The van der Waals surface area contributed by atoms with Crippen LogP contribution >= 0.6 is 0 Å². The maximum atomic E-state index is 12.0. The summed E-state index contributed by atoms with van der Waals surface area (Å²) in [5.74, 6) is -1.85. The number of carbonyl (C=O) groups excluding carboxylic acids is 2. The standard InChI is InChI=1S/C16H30N2O4/c1-3-4-5-6-7-8-9-10-15(20)18(2)13(16(21)22)11-12-14(17)19/h13H,3-12H2,1-2H3,(H2,17,19)(H,21,22)/t13-/m0/s1. The molecule has 0 bridgehead atoms. The number of unbranched alkanes of at least 4 members (excludes halogenated alkanes) is 6. The molecule has 1 atom stereocenters. The molecule has 0 rings (SSSR count). The van der Waals surface area contributed by atoms with Crippen molar-refractivity contribution >= 4 is 17.8 Å². The van der Waals surface area contributed by atoms with Gasteiger partial charge in [-0.05, 0) is 12.8 Å². The van der Waals surface area contributed by atoms with Crippen LogP contribution in [0.25, 0.3) is 0 Å². The SMILES string of the molecule is CCCCCCCCCC(=O)N(C)[C@@H](CCC(N)=O)C(=O)O. The van der Waals surface area contributed by atoms with Crippen LogP contribution < -0.4 is 5.73 Å². The van der Waals surface area contributed by atoms with E-state index in [1.165, 1.54) is 37.6 Å². The van der Waals surface area contributed by atoms with Crippen LogP contribution in [-0.4, -0.2) is 40.9 Å². The second-order valence-corrected chi connectivity index (χ2v) is 5.73. The lowest BCUT2D eigenvalue weighted by molar-refractivity contribution is -0.149. The molecular formula is C16H30N2O4. The van der Waals surface area contributed by atoms with Gasteiger partial charge in [0.05, 0.1) is 0 Å². The van der Waals surface area contributed by atoms with E-state index in [0.717, 1.165) is 19.3 Å². The highest BCUT2D eigenvalue weighted by atomic mass is 16.4. The Labute approximate surface area is 133 Å². The number of carbonyl (C=O) groups is 3. The van der Waals surface area contributed by atoms with Gasteiger partial charge in [0.25, 0.3) is 0 Å². The number of likely N-dealkylation sites (N-methyl/N-ethyl adjacent to an activating group) is 1. The summed E-state index contributed by atoms with van der Waals surface area (Å²) in [4.78, 5) is 35.2. The molecule has 0 radical (unpaired) electrons. The molecule has 0 unspecified atom stereocenters. The number of primary amides is 1. The number of carboxylic acids is 1. The number of hydrogen-bond acceptors (Lipinski definition) is 3. The number of nitrogens with two attached hydrogens (primary N) is 1. The van der Waals surface area contributed by atoms with Gasteiger partial charge in [0.15, 0.2) is 0 Å². The van der Waals surface area contributed by atoms with Crippen LogP contribution in [0.3, 0.4) is 0 Å². The lowest BCUT2D eigenvalue weighted by Gasteiger charge is -2.24. The molecule has 3 N–H and O–H groups in total. The zero-order valence-corrected chi connectivity index (χ0v) is 13.8. The van der Waals surface area contributed by atoms with Crippen molar-refractivity contribution in [2.45, 2.75) is 77.2 Å². The van der Waals surface area contributed by atoms with Gasteiger partial charge in [0.2, 0.25) is 11.8 Å². The van der Waals surface area contributed by atoms with E-state index >= 15 is 0 Å². The van der Waals surface area contributed by atoms with Crippen molar-refractivity contribution in [2.75, 3.05) is 7.05 Å². The smallest absolute Gasteiger partial charge is 0.326 e. The zero-order valence-electron chi connectivity index (χ0n) is 13.8. The summed E-state index contributed by atoms with van der Waals surface area (Å²) in [6.45, 7) is 2.17. The maximum Gasteiger partial charge on any atom is 0.326 e. The molecule has 0 saturated carbocycles. The quantitative estimate of drug-likeness (QED) is 0.509. The molecule has 0 fully saturated rings. The van der Waals surface area contributed by atoms with E-state index in [0.29, 0.717) is 6.42 Å². The molecule has 0 aliphatic rings. The zero-order chi connectivity index (χ0) is 17.0. The summed E-state index contributed by atoms with van der Waals surface area (Å²) >= 11 is 0. The third-order valence-electron chi connectivity index (χ3n) is 3.80. The van der Waals surface area contributed by atoms with E-state index in [9.17, 15) is 14.4 Å². The third-order valence-corrected chi connectivity index (χ3v) is 3.80. The number of amides is 2. The van der Waals surface area contributed by atoms with Gasteiger partial charge in [-0.25, -0.2) is 4.79 Å². The van der Waals surface area contributed by atoms with Crippen LogP contribution in [0.5, 0.6) is 0 Å². The Kier molecular flexibility index (Phi) is 11.1. The summed E-state index contributed by atoms with van der Waals surface area (Å²) in [5, 5.41) is 9.15. The molecule has 0 aliphatic heterocycles. The van der Waals surface area contributed by atoms with Gasteiger partial charge >= 0.3 is 5.97 Å². The predicted molar refractivity (Wildman–Crippen MR) is 85.2 cm³/mol. The highest BCUT2D eigenvalue weighted by molar-refractivity contribution is 5.84. The second kappa shape index (κ2) is 12.0. The molecule has 6 nitrogen and oxygen atoms in total. The van der Waals surface area contributed by atoms with Crippen LogP contribution in [0.1, 0.15) is 71.1 Å². The Morgan fingerprint density at radius 1 is 1.00 bits per heavy atom. The Morgan fingerprint density at radius 3 is 2.05 bits per heavy atom. The number of hydrogen-bond donors (Lipinski definition) is 2. The van der Waals surface area contributed by atoms with Gasteiger partial charge in [0.1, 0.15) is 6.04 Å². The molecular weight excluding hydrogens is 284 g/mol. The minimum Gasteiger partial charge on any atom is -0.480 e. The maximum absolute atomic E-state index is 12.0. The van der Waals surface area contributed by atoms with Gasteiger partial charge in [-0.1, -0.05) is 45.4 Å². The fourth-order valence-electron chi connectivity index (χ4n) is 2.35. The van der Waals surface area contributed by atoms with Crippen molar-refractivity contribution in [3.63, 3.8) is 0 Å². The van der Waals surface area contributed by atoms with Crippen LogP contribution in [0.2, 0.25) is 0 Å². The summed E-state index contributed by atoms with van der Waals surface area (Å²) in [6.07, 6.45) is 8.14. The van der Waals surface area contributed by atoms with E-state index < -0.39 is 17.9 Å². The molecule has 0 aromatic carbocycles. The van der Waals surface area contributed by atoms with Crippen molar-refractivity contribution in [2.24, 2.45) is 5.73 Å². The summed E-state index contributed by atoms with van der Waals surface area (Å²) in [6, 6.07) is -0.982. The fraction of sp³-hybridized carbons (Fsp3) is 0.812. The number of nitrogens with zero attached hydrogens (tertiary/aromatic N) is 1. The number of aliphatic carboxylic acids is 1. The van der Waals surface area contributed by atoms with Gasteiger partial charge in [0, 0.05) is 19.9 Å². The van der Waals surface area contributed by atoms with Crippen molar-refractivity contribution in [3.8, 4) is 0 Å². The molecule has 0 spiro atoms. The molecule has 0 aliphatic carbocycles. The number of carboxylic acid groups (broad SMARTS) is 1. The van der Waals surface area contributed by atoms with E-state index in [4.69, 9.17) is 10.8 Å². The minimum absolute atomic E-state index is 0.0357. The van der Waals surface area contributed by atoms with Gasteiger partial charge in [-0.2, -0.15) is 0 Å². The third kappa shape index (κ3) is 9.37. The highest BCUT2D eigenvalue weighted by Crippen LogP contribution is 2.12. The Hall–Kier alpha value is -1.59. The summed E-state index contributed by atoms with van der Waals surface area (Å²) in [5.41, 5.74) is 5.03. The molecule has 0 heterocycles. The first-order chi connectivity index (χ1) is 10.4. The minimum atomic E-state index is -1.10. The van der Waals surface area contributed by atoms with E-state index in [1.54, 1.807) is 0 Å². The Bertz CT molecular complexity index is 358. The topological polar surface area (TPSA) is 101 Å². The number of rotatable bonds is 13. The van der Waals surface area contributed by atoms with Crippen molar-refractivity contribution in [1.82, 2.24) is 4.90 Å². The molecule has 0 aromatic rings. The van der Waals surface area contributed by atoms with E-state index in [2.05, 4.69) is 6.92 Å². The van der Waals surface area contributed by atoms with Crippen molar-refractivity contribution < 1.29 is 19.5 Å². The Balaban J connectivity index is 4.05. The molecule has 6 heteroatoms. The lowest BCUT2D eigenvalue weighted by atomic mass is 10.1. The monoisotopic (exact) mass is 314 g/mol. The van der Waals surface area contributed by atoms with Gasteiger partial charge in [-0.15, -0.1) is 0 Å². The fourth-order valence-corrected chi connectivity index (χ4v) is 2.35. The first-order valence-corrected chi connectivity index (χ1v) is 8.16. The molecule has 2 amide bonds. The van der Waals surface area contributed by atoms with Crippen LogP contribution in [0.4, 0.5) is 0 Å². The Morgan fingerprint density at radius 2 is 1.55 bits per heavy atom. The average Bonchev–Trinajstić information content (AvgIpc) is 2.45. The van der Waals surface area contributed by atoms with Crippen LogP contribution in [-0.2, 0) is 14.4 Å². The molecule has 22 heavy (non-hydrogen) atoms. The second-order valence-electron chi connectivity index (χ2n) is 5.73. The molecule has 0 saturated heterocycles. The van der Waals surface area contributed by atoms with Gasteiger partial charge < -0.3 is 15.7 Å². The highest BCUT2D eigenvalue weighted by Gasteiger charge is 2.26. The van der Waals surface area contributed by atoms with Crippen LogP contribution in [0.15, 0.2) is 0 Å². The normalized spacial score (nSPS) is 11.9. The molecule has 0 aromatic heterocycles. The summed E-state index contributed by atoms with van der Waals surface area (Å²) < 4.78 is 0. The first-order valence-electron chi connectivity index (χ1n) is 8.16. The van der Waals surface area contributed by atoms with Crippen molar-refractivity contribution in [3.05, 3.63) is 0 Å². The van der Waals surface area contributed by atoms with Crippen LogP contribution in [0, 0.1) is 0 Å². The first kappa shape index (κ1) is 20.4. The average molecular weight is 314 g/mol. The predicted octanol–water partition coefficient (Wildman–Crippen LogP) is 2.30. The molecule has 128 valence electrons. The lowest BCUT2D eigenvalue weighted by Crippen LogP contribution is -2.42. The largest absolute Gasteiger partial charge is 0.480 e. The van der Waals surface area contributed by atoms with Gasteiger partial charge in [-0.3, -0.25) is 9.59 Å². The van der Waals surface area contributed by atoms with E-state index in [1.807, 2.05) is 0 Å². The van der Waals surface area contributed by atoms with E-state index in [-0.39, 0.29) is 18.7 Å².